The third-order valence-electron chi connectivity index (χ3n) is 1.45. The van der Waals surface area contributed by atoms with Crippen LogP contribution in [0.3, 0.4) is 0 Å². The highest BCUT2D eigenvalue weighted by atomic mass is 32.2. The summed E-state index contributed by atoms with van der Waals surface area (Å²) < 4.78 is 89.2. The summed E-state index contributed by atoms with van der Waals surface area (Å²) in [4.78, 5) is 0. The Kier molecular flexibility index (Phi) is 3.50. The maximum Gasteiger partial charge on any atom is 0.453 e. The van der Waals surface area contributed by atoms with E-state index in [1.54, 1.807) is 0 Å². The molecule has 9 heteroatoms. The first kappa shape index (κ1) is 13.6. The Morgan fingerprint density at radius 3 is 1.71 bits per heavy atom. The summed E-state index contributed by atoms with van der Waals surface area (Å²) in [5, 5.41) is -2.28. The molecule has 14 heavy (non-hydrogen) atoms. The summed E-state index contributed by atoms with van der Waals surface area (Å²) in [5.41, 5.74) is 0. The standard InChI is InChI=1S/C5H6F5O3S/c1-3(14(11,12)13)2-4(6,7)5(8,9)10/h3H,2H2,1H3. The number of hydrogen-bond donors (Lipinski definition) is 0. The lowest BCUT2D eigenvalue weighted by Crippen LogP contribution is -2.40. The highest BCUT2D eigenvalue weighted by Gasteiger charge is 2.58. The van der Waals surface area contributed by atoms with Crippen LogP contribution in [-0.2, 0) is 14.7 Å². The van der Waals surface area contributed by atoms with Gasteiger partial charge in [-0.15, -0.1) is 0 Å². The van der Waals surface area contributed by atoms with Gasteiger partial charge < -0.3 is 0 Å². The van der Waals surface area contributed by atoms with Crippen LogP contribution in [-0.4, -0.2) is 25.8 Å². The van der Waals surface area contributed by atoms with Crippen LogP contribution in [0.1, 0.15) is 13.3 Å². The smallest absolute Gasteiger partial charge is 0.197 e. The van der Waals surface area contributed by atoms with Gasteiger partial charge in [-0.3, -0.25) is 0 Å². The Balaban J connectivity index is 4.70. The zero-order chi connectivity index (χ0) is 11.8. The van der Waals surface area contributed by atoms with Crippen LogP contribution in [0.5, 0.6) is 0 Å². The molecule has 3 nitrogen and oxygen atoms in total. The van der Waals surface area contributed by atoms with E-state index in [0.717, 1.165) is 0 Å². The van der Waals surface area contributed by atoms with Crippen molar-refractivity contribution in [2.45, 2.75) is 30.7 Å². The minimum Gasteiger partial charge on any atom is -0.197 e. The fraction of sp³-hybridized carbons (Fsp3) is 1.00. The lowest BCUT2D eigenvalue weighted by molar-refractivity contribution is -0.284. The zero-order valence-electron chi connectivity index (χ0n) is 6.81. The van der Waals surface area contributed by atoms with Crippen molar-refractivity contribution < 1.29 is 34.9 Å². The van der Waals surface area contributed by atoms with Gasteiger partial charge in [-0.1, -0.05) is 4.55 Å². The van der Waals surface area contributed by atoms with Crippen molar-refractivity contribution in [3.8, 4) is 0 Å². The van der Waals surface area contributed by atoms with Gasteiger partial charge in [-0.25, -0.2) is 0 Å². The molecule has 0 spiro atoms. The fourth-order valence-electron chi connectivity index (χ4n) is 0.579. The van der Waals surface area contributed by atoms with Crippen LogP contribution in [0.4, 0.5) is 22.0 Å². The van der Waals surface area contributed by atoms with Gasteiger partial charge in [0.2, 0.25) is 0 Å². The van der Waals surface area contributed by atoms with Crippen LogP contribution in [0.2, 0.25) is 0 Å². The Bertz CT molecular complexity index is 293. The minimum absolute atomic E-state index is 0.502. The quantitative estimate of drug-likeness (QED) is 0.706. The van der Waals surface area contributed by atoms with Crippen molar-refractivity contribution in [3.05, 3.63) is 0 Å². The molecule has 0 saturated heterocycles. The molecule has 0 aromatic heterocycles. The van der Waals surface area contributed by atoms with Crippen LogP contribution in [0.25, 0.3) is 0 Å². The third kappa shape index (κ3) is 3.37. The Hall–Kier alpha value is -0.440. The van der Waals surface area contributed by atoms with Crippen molar-refractivity contribution in [2.75, 3.05) is 0 Å². The third-order valence-corrected chi connectivity index (χ3v) is 2.60. The van der Waals surface area contributed by atoms with Crippen molar-refractivity contribution in [1.29, 1.82) is 0 Å². The van der Waals surface area contributed by atoms with E-state index in [1.165, 1.54) is 0 Å². The van der Waals surface area contributed by atoms with E-state index < -0.39 is 33.9 Å². The van der Waals surface area contributed by atoms with Crippen LogP contribution >= 0.6 is 0 Å². The molecule has 1 atom stereocenters. The molecule has 1 radical (unpaired) electrons. The number of halogens is 5. The van der Waals surface area contributed by atoms with Crippen LogP contribution in [0, 0.1) is 0 Å². The van der Waals surface area contributed by atoms with Crippen LogP contribution in [0.15, 0.2) is 0 Å². The molecule has 0 N–H and O–H groups in total. The largest absolute Gasteiger partial charge is 0.453 e. The number of rotatable bonds is 3. The van der Waals surface area contributed by atoms with Gasteiger partial charge in [0.05, 0.1) is 5.25 Å². The van der Waals surface area contributed by atoms with E-state index in [-0.39, 0.29) is 0 Å². The van der Waals surface area contributed by atoms with Crippen molar-refractivity contribution in [2.24, 2.45) is 0 Å². The van der Waals surface area contributed by atoms with Gasteiger partial charge in [0, 0.05) is 6.42 Å². The molecule has 85 valence electrons. The van der Waals surface area contributed by atoms with Gasteiger partial charge in [0.15, 0.2) is 0 Å². The average Bonchev–Trinajstić information content (AvgIpc) is 1.80. The predicted octanol–water partition coefficient (Wildman–Crippen LogP) is 1.72. The molecule has 1 unspecified atom stereocenters. The van der Waals surface area contributed by atoms with Crippen molar-refractivity contribution in [3.63, 3.8) is 0 Å². The summed E-state index contributed by atoms with van der Waals surface area (Å²) in [6, 6.07) is 0. The van der Waals surface area contributed by atoms with E-state index in [1.807, 2.05) is 0 Å². The normalized spacial score (nSPS) is 16.8. The maximum absolute atomic E-state index is 12.2. The summed E-state index contributed by atoms with van der Waals surface area (Å²) >= 11 is 0. The highest BCUT2D eigenvalue weighted by molar-refractivity contribution is 7.86. The molecule has 0 aromatic carbocycles. The van der Waals surface area contributed by atoms with Gasteiger partial charge in [0.1, 0.15) is 0 Å². The van der Waals surface area contributed by atoms with E-state index in [9.17, 15) is 34.9 Å². The van der Waals surface area contributed by atoms with Crippen LogP contribution < -0.4 is 0 Å². The van der Waals surface area contributed by atoms with Gasteiger partial charge in [0.25, 0.3) is 10.1 Å². The Labute approximate surface area is 76.7 Å². The first-order valence-corrected chi connectivity index (χ1v) is 4.74. The second-order valence-electron chi connectivity index (χ2n) is 2.71. The molecule has 0 bridgehead atoms. The molecular weight excluding hydrogens is 235 g/mol. The first-order valence-electron chi connectivity index (χ1n) is 3.27. The second kappa shape index (κ2) is 3.61. The lowest BCUT2D eigenvalue weighted by Gasteiger charge is -2.21. The summed E-state index contributed by atoms with van der Waals surface area (Å²) in [6.07, 6.45) is -7.89. The van der Waals surface area contributed by atoms with E-state index >= 15 is 0 Å². The average molecular weight is 241 g/mol. The second-order valence-corrected chi connectivity index (χ2v) is 4.50. The minimum atomic E-state index is -5.84. The van der Waals surface area contributed by atoms with Gasteiger partial charge in [-0.2, -0.15) is 30.4 Å². The summed E-state index contributed by atoms with van der Waals surface area (Å²) in [5.74, 6) is -5.16. The maximum atomic E-state index is 12.2. The Morgan fingerprint density at radius 2 is 1.50 bits per heavy atom. The highest BCUT2D eigenvalue weighted by Crippen LogP contribution is 2.39. The molecule has 0 aromatic rings. The topological polar surface area (TPSA) is 54.0 Å². The monoisotopic (exact) mass is 241 g/mol. The fourth-order valence-corrected chi connectivity index (χ4v) is 0.992. The van der Waals surface area contributed by atoms with Gasteiger partial charge >= 0.3 is 12.1 Å². The van der Waals surface area contributed by atoms with E-state index in [0.29, 0.717) is 6.92 Å². The summed E-state index contributed by atoms with van der Waals surface area (Å²) in [6.45, 7) is 0.502. The van der Waals surface area contributed by atoms with Crippen molar-refractivity contribution in [1.82, 2.24) is 0 Å². The van der Waals surface area contributed by atoms with E-state index in [2.05, 4.69) is 0 Å². The first-order chi connectivity index (χ1) is 5.88. The molecule has 0 amide bonds. The molecule has 0 saturated carbocycles. The number of alkyl halides is 5. The molecule has 0 rings (SSSR count). The molecule has 0 fully saturated rings. The lowest BCUT2D eigenvalue weighted by atomic mass is 10.2. The SMILES string of the molecule is CC(CC(F)(F)C(F)(F)F)S([O])(=O)=O. The summed E-state index contributed by atoms with van der Waals surface area (Å²) in [7, 11) is -5.13. The van der Waals surface area contributed by atoms with E-state index in [4.69, 9.17) is 0 Å². The molecule has 0 aliphatic heterocycles. The number of hydrogen-bond acceptors (Lipinski definition) is 2. The van der Waals surface area contributed by atoms with Gasteiger partial charge in [-0.05, 0) is 6.92 Å². The molecule has 0 aliphatic carbocycles. The molecule has 0 heterocycles. The van der Waals surface area contributed by atoms with Crippen molar-refractivity contribution >= 4 is 10.1 Å². The molecule has 0 aliphatic rings. The zero-order valence-corrected chi connectivity index (χ0v) is 7.62. The predicted molar refractivity (Wildman–Crippen MR) is 34.7 cm³/mol. The Morgan fingerprint density at radius 1 is 1.14 bits per heavy atom. The molecular formula is C5H6F5O3S.